The monoisotopic (exact) mass is 402 g/mol. The van der Waals surface area contributed by atoms with Crippen LogP contribution in [0.25, 0.3) is 0 Å². The van der Waals surface area contributed by atoms with Crippen molar-refractivity contribution < 1.29 is 14.7 Å². The predicted octanol–water partition coefficient (Wildman–Crippen LogP) is 3.79. The van der Waals surface area contributed by atoms with Crippen LogP contribution in [0.2, 0.25) is 0 Å². The molecule has 6 heteroatoms. The highest BCUT2D eigenvalue weighted by Crippen LogP contribution is 2.25. The quantitative estimate of drug-likeness (QED) is 0.754. The van der Waals surface area contributed by atoms with E-state index in [1.54, 1.807) is 23.1 Å². The molecule has 2 N–H and O–H groups in total. The van der Waals surface area contributed by atoms with Gasteiger partial charge < -0.3 is 15.3 Å². The molecule has 0 aliphatic heterocycles. The number of anilines is 1. The fourth-order valence-corrected chi connectivity index (χ4v) is 3.26. The standard InChI is InChI=1S/C15H19IN2O3/c1-2-18(11-5-3-4-6-11)15(21)17-13-8-7-10(16)9-12(13)14(19)20/h7-9,11H,2-6H2,1H3,(H,17,21)(H,19,20). The van der Waals surface area contributed by atoms with Crippen LogP contribution in [0, 0.1) is 3.57 Å². The largest absolute Gasteiger partial charge is 0.478 e. The van der Waals surface area contributed by atoms with Gasteiger partial charge >= 0.3 is 12.0 Å². The maximum absolute atomic E-state index is 12.4. The lowest BCUT2D eigenvalue weighted by Gasteiger charge is -2.28. The number of nitrogens with zero attached hydrogens (tertiary/aromatic N) is 1. The minimum atomic E-state index is -1.03. The van der Waals surface area contributed by atoms with Crippen LogP contribution in [0.3, 0.4) is 0 Å². The lowest BCUT2D eigenvalue weighted by molar-refractivity contribution is 0.0698. The Bertz CT molecular complexity index is 542. The molecule has 0 aromatic heterocycles. The average Bonchev–Trinajstić information content (AvgIpc) is 2.95. The molecule has 0 unspecified atom stereocenters. The van der Waals surface area contributed by atoms with Gasteiger partial charge in [-0.05, 0) is 60.6 Å². The lowest BCUT2D eigenvalue weighted by atomic mass is 10.2. The van der Waals surface area contributed by atoms with Gasteiger partial charge in [0.1, 0.15) is 0 Å². The molecule has 1 aromatic rings. The summed E-state index contributed by atoms with van der Waals surface area (Å²) in [5.41, 5.74) is 0.474. The fraction of sp³-hybridized carbons (Fsp3) is 0.467. The second-order valence-electron chi connectivity index (χ2n) is 5.15. The van der Waals surface area contributed by atoms with Crippen LogP contribution < -0.4 is 5.32 Å². The molecule has 0 saturated heterocycles. The van der Waals surface area contributed by atoms with E-state index in [0.29, 0.717) is 12.2 Å². The van der Waals surface area contributed by atoms with E-state index < -0.39 is 5.97 Å². The number of carboxylic acids is 1. The van der Waals surface area contributed by atoms with Crippen molar-refractivity contribution in [2.75, 3.05) is 11.9 Å². The molecular weight excluding hydrogens is 383 g/mol. The molecule has 0 spiro atoms. The van der Waals surface area contributed by atoms with Crippen molar-refractivity contribution in [1.29, 1.82) is 0 Å². The van der Waals surface area contributed by atoms with Crippen LogP contribution in [0.15, 0.2) is 18.2 Å². The fourth-order valence-electron chi connectivity index (χ4n) is 2.77. The molecule has 1 saturated carbocycles. The topological polar surface area (TPSA) is 69.6 Å². The summed E-state index contributed by atoms with van der Waals surface area (Å²) in [4.78, 5) is 25.5. The van der Waals surface area contributed by atoms with E-state index in [-0.39, 0.29) is 17.6 Å². The number of aromatic carboxylic acids is 1. The van der Waals surface area contributed by atoms with Crippen LogP contribution in [0.1, 0.15) is 43.0 Å². The molecule has 2 amide bonds. The van der Waals surface area contributed by atoms with Crippen molar-refractivity contribution in [1.82, 2.24) is 4.90 Å². The summed E-state index contributed by atoms with van der Waals surface area (Å²) in [7, 11) is 0. The molecule has 0 atom stereocenters. The Kier molecular flexibility index (Phi) is 5.44. The van der Waals surface area contributed by atoms with E-state index >= 15 is 0 Å². The SMILES string of the molecule is CCN(C(=O)Nc1ccc(I)cc1C(=O)O)C1CCCC1. The Morgan fingerprint density at radius 1 is 1.38 bits per heavy atom. The van der Waals surface area contributed by atoms with Gasteiger partial charge in [0.05, 0.1) is 11.3 Å². The van der Waals surface area contributed by atoms with Crippen molar-refractivity contribution in [3.05, 3.63) is 27.3 Å². The normalized spacial score (nSPS) is 15.0. The van der Waals surface area contributed by atoms with E-state index in [0.717, 1.165) is 29.3 Å². The van der Waals surface area contributed by atoms with Gasteiger partial charge in [0.2, 0.25) is 0 Å². The van der Waals surface area contributed by atoms with E-state index in [1.807, 2.05) is 6.92 Å². The molecule has 0 heterocycles. The van der Waals surface area contributed by atoms with Crippen LogP contribution in [-0.4, -0.2) is 34.6 Å². The molecule has 1 fully saturated rings. The number of carbonyl (C=O) groups is 2. The molecule has 1 aromatic carbocycles. The molecule has 21 heavy (non-hydrogen) atoms. The number of carboxylic acid groups (broad SMARTS) is 1. The number of hydrogen-bond acceptors (Lipinski definition) is 2. The van der Waals surface area contributed by atoms with Gasteiger partial charge in [0, 0.05) is 16.2 Å². The second kappa shape index (κ2) is 7.11. The Morgan fingerprint density at radius 2 is 2.05 bits per heavy atom. The Morgan fingerprint density at radius 3 is 2.62 bits per heavy atom. The maximum atomic E-state index is 12.4. The molecule has 1 aliphatic rings. The minimum absolute atomic E-state index is 0.123. The summed E-state index contributed by atoms with van der Waals surface area (Å²) in [6.45, 7) is 2.58. The van der Waals surface area contributed by atoms with E-state index in [2.05, 4.69) is 27.9 Å². The second-order valence-corrected chi connectivity index (χ2v) is 6.40. The summed E-state index contributed by atoms with van der Waals surface area (Å²) in [5, 5.41) is 12.0. The molecule has 0 bridgehead atoms. The van der Waals surface area contributed by atoms with E-state index in [1.165, 1.54) is 0 Å². The lowest BCUT2D eigenvalue weighted by Crippen LogP contribution is -2.41. The Hall–Kier alpha value is -1.31. The number of urea groups is 1. The van der Waals surface area contributed by atoms with Crippen molar-refractivity contribution in [3.8, 4) is 0 Å². The number of benzene rings is 1. The number of nitrogens with one attached hydrogen (secondary N) is 1. The first-order valence-electron chi connectivity index (χ1n) is 7.13. The molecule has 114 valence electrons. The van der Waals surface area contributed by atoms with Crippen molar-refractivity contribution >= 4 is 40.3 Å². The Labute approximate surface area is 137 Å². The number of rotatable bonds is 4. The maximum Gasteiger partial charge on any atom is 0.337 e. The molecular formula is C15H19IN2O3. The summed E-state index contributed by atoms with van der Waals surface area (Å²) in [6, 6.07) is 5.05. The summed E-state index contributed by atoms with van der Waals surface area (Å²) >= 11 is 2.05. The Balaban J connectivity index is 2.16. The highest BCUT2D eigenvalue weighted by molar-refractivity contribution is 14.1. The molecule has 5 nitrogen and oxygen atoms in total. The van der Waals surface area contributed by atoms with Crippen LogP contribution in [0.5, 0.6) is 0 Å². The predicted molar refractivity (Wildman–Crippen MR) is 89.8 cm³/mol. The van der Waals surface area contributed by atoms with E-state index in [4.69, 9.17) is 0 Å². The third kappa shape index (κ3) is 3.87. The summed E-state index contributed by atoms with van der Waals surface area (Å²) < 4.78 is 0.825. The van der Waals surface area contributed by atoms with Crippen LogP contribution in [0.4, 0.5) is 10.5 Å². The smallest absolute Gasteiger partial charge is 0.337 e. The van der Waals surface area contributed by atoms with Crippen molar-refractivity contribution in [2.24, 2.45) is 0 Å². The zero-order valence-electron chi connectivity index (χ0n) is 11.9. The number of halogens is 1. The number of hydrogen-bond donors (Lipinski definition) is 2. The van der Waals surface area contributed by atoms with Crippen LogP contribution in [-0.2, 0) is 0 Å². The molecule has 0 radical (unpaired) electrons. The number of amides is 2. The van der Waals surface area contributed by atoms with Gasteiger partial charge in [-0.3, -0.25) is 0 Å². The third-order valence-electron chi connectivity index (χ3n) is 3.82. The number of carbonyl (C=O) groups excluding carboxylic acids is 1. The van der Waals surface area contributed by atoms with Gasteiger partial charge in [-0.2, -0.15) is 0 Å². The first-order valence-corrected chi connectivity index (χ1v) is 8.21. The third-order valence-corrected chi connectivity index (χ3v) is 4.49. The first-order chi connectivity index (χ1) is 10.0. The van der Waals surface area contributed by atoms with Crippen LogP contribution >= 0.6 is 22.6 Å². The average molecular weight is 402 g/mol. The summed E-state index contributed by atoms with van der Waals surface area (Å²) in [5.74, 6) is -1.03. The van der Waals surface area contributed by atoms with Gasteiger partial charge in [-0.25, -0.2) is 9.59 Å². The zero-order valence-corrected chi connectivity index (χ0v) is 14.1. The molecule has 1 aliphatic carbocycles. The molecule has 2 rings (SSSR count). The van der Waals surface area contributed by atoms with Crippen molar-refractivity contribution in [2.45, 2.75) is 38.6 Å². The van der Waals surface area contributed by atoms with Gasteiger partial charge in [-0.1, -0.05) is 12.8 Å². The summed E-state index contributed by atoms with van der Waals surface area (Å²) in [6.07, 6.45) is 4.36. The van der Waals surface area contributed by atoms with Gasteiger partial charge in [-0.15, -0.1) is 0 Å². The highest BCUT2D eigenvalue weighted by atomic mass is 127. The van der Waals surface area contributed by atoms with Gasteiger partial charge in [0.15, 0.2) is 0 Å². The first kappa shape index (κ1) is 16.1. The zero-order chi connectivity index (χ0) is 15.4. The van der Waals surface area contributed by atoms with Gasteiger partial charge in [0.25, 0.3) is 0 Å². The minimum Gasteiger partial charge on any atom is -0.478 e. The highest BCUT2D eigenvalue weighted by Gasteiger charge is 2.26. The van der Waals surface area contributed by atoms with Crippen molar-refractivity contribution in [3.63, 3.8) is 0 Å². The van der Waals surface area contributed by atoms with E-state index in [9.17, 15) is 14.7 Å².